The second-order valence-corrected chi connectivity index (χ2v) is 20.4. The minimum Gasteiger partial charge on any atom is -0.497 e. The van der Waals surface area contributed by atoms with Gasteiger partial charge in [-0.1, -0.05) is 103 Å². The van der Waals surface area contributed by atoms with Gasteiger partial charge in [0.15, 0.2) is 5.60 Å². The number of carbonyl (C=O) groups is 2. The number of rotatable bonds is 11. The highest BCUT2D eigenvalue weighted by Crippen LogP contribution is 2.60. The van der Waals surface area contributed by atoms with Crippen LogP contribution in [0.1, 0.15) is 54.5 Å². The summed E-state index contributed by atoms with van der Waals surface area (Å²) in [5, 5.41) is 26.8. The third-order valence-electron chi connectivity index (χ3n) is 12.3. The molecule has 1 fully saturated rings. The van der Waals surface area contributed by atoms with Crippen LogP contribution in [0.3, 0.4) is 0 Å². The van der Waals surface area contributed by atoms with Crippen molar-refractivity contribution in [2.24, 2.45) is 11.0 Å². The lowest BCUT2D eigenvalue weighted by Gasteiger charge is -2.37. The summed E-state index contributed by atoms with van der Waals surface area (Å²) in [6, 6.07) is 33.8. The first-order valence-corrected chi connectivity index (χ1v) is 22.4. The maximum Gasteiger partial charge on any atom is 0.264 e. The first-order chi connectivity index (χ1) is 27.1. The zero-order chi connectivity index (χ0) is 39.2. The van der Waals surface area contributed by atoms with E-state index in [9.17, 15) is 14.7 Å². The van der Waals surface area contributed by atoms with Crippen LogP contribution in [0.2, 0.25) is 18.6 Å². The minimum absolute atomic E-state index is 0.0136. The molecule has 5 aromatic rings. The number of nitrogens with zero attached hydrogens (tertiary/aromatic N) is 6. The lowest BCUT2D eigenvalue weighted by molar-refractivity contribution is -0.145. The Labute approximate surface area is 328 Å². The normalized spacial score (nSPS) is 22.8. The average Bonchev–Trinajstić information content (AvgIpc) is 3.88. The molecular weight excluding hydrogens is 721 g/mol. The van der Waals surface area contributed by atoms with Crippen molar-refractivity contribution in [1.29, 1.82) is 0 Å². The number of hydrogen-bond donors (Lipinski definition) is 1. The Kier molecular flexibility index (Phi) is 9.98. The van der Waals surface area contributed by atoms with Crippen LogP contribution in [0, 0.1) is 5.92 Å². The number of fused-ring (bicyclic) bond motifs is 2. The number of anilines is 2. The zero-order valence-electron chi connectivity index (χ0n) is 32.5. The quantitative estimate of drug-likeness (QED) is 0.158. The highest BCUT2D eigenvalue weighted by atomic mass is 28.3. The van der Waals surface area contributed by atoms with Gasteiger partial charge in [-0.3, -0.25) is 14.3 Å². The predicted molar refractivity (Wildman–Crippen MR) is 219 cm³/mol. The van der Waals surface area contributed by atoms with Gasteiger partial charge in [0.05, 0.1) is 56.6 Å². The SMILES string of the molecule is COc1ccc([Si](C)(C)[C@@H]2[C@@H](CCn3cc(C(CO)c4ccccc4)nn3)O[C@]3(C(=O)N(C)c4ccc(N5N=C(c6ccccc6)CCC5=O)cc43)[C@H]2C)cc1. The lowest BCUT2D eigenvalue weighted by atomic mass is 9.82. The fourth-order valence-electron chi connectivity index (χ4n) is 9.30. The van der Waals surface area contributed by atoms with E-state index in [0.29, 0.717) is 37.2 Å². The van der Waals surface area contributed by atoms with E-state index in [-0.39, 0.29) is 41.9 Å². The van der Waals surface area contributed by atoms with Crippen molar-refractivity contribution in [1.82, 2.24) is 15.0 Å². The van der Waals surface area contributed by atoms with Gasteiger partial charge in [0.25, 0.3) is 5.91 Å². The van der Waals surface area contributed by atoms with Crippen LogP contribution in [0.25, 0.3) is 0 Å². The monoisotopic (exact) mass is 768 g/mol. The van der Waals surface area contributed by atoms with Crippen LogP contribution >= 0.6 is 0 Å². The van der Waals surface area contributed by atoms with Crippen molar-refractivity contribution in [2.45, 2.75) is 69.0 Å². The summed E-state index contributed by atoms with van der Waals surface area (Å²) in [6.45, 7) is 7.30. The molecule has 11 nitrogen and oxygen atoms in total. The number of aryl methyl sites for hydroxylation is 1. The van der Waals surface area contributed by atoms with Crippen molar-refractivity contribution in [3.05, 3.63) is 132 Å². The third-order valence-corrected chi connectivity index (χ3v) is 16.6. The maximum absolute atomic E-state index is 14.8. The van der Waals surface area contributed by atoms with E-state index in [4.69, 9.17) is 14.6 Å². The number of methoxy groups -OCH3 is 1. The van der Waals surface area contributed by atoms with Gasteiger partial charge in [-0.25, -0.2) is 5.01 Å². The number of amides is 2. The number of aromatic nitrogens is 3. The van der Waals surface area contributed by atoms with Crippen LogP contribution in [0.15, 0.2) is 114 Å². The van der Waals surface area contributed by atoms with E-state index in [1.165, 1.54) is 10.2 Å². The Bertz CT molecular complexity index is 2260. The smallest absolute Gasteiger partial charge is 0.264 e. The fourth-order valence-corrected chi connectivity index (χ4v) is 13.4. The average molecular weight is 769 g/mol. The molecule has 5 atom stereocenters. The number of aliphatic hydroxyl groups is 1. The van der Waals surface area contributed by atoms with E-state index in [2.05, 4.69) is 42.5 Å². The van der Waals surface area contributed by atoms with E-state index < -0.39 is 13.7 Å². The summed E-state index contributed by atoms with van der Waals surface area (Å²) >= 11 is 0. The molecule has 0 aliphatic carbocycles. The van der Waals surface area contributed by atoms with Gasteiger partial charge in [-0.15, -0.1) is 5.10 Å². The Morgan fingerprint density at radius 1 is 0.964 bits per heavy atom. The molecule has 56 heavy (non-hydrogen) atoms. The summed E-state index contributed by atoms with van der Waals surface area (Å²) in [5.74, 6) is 0.0804. The van der Waals surface area contributed by atoms with Crippen LogP contribution in [0.5, 0.6) is 5.75 Å². The molecule has 4 aromatic carbocycles. The molecule has 1 aromatic heterocycles. The van der Waals surface area contributed by atoms with Crippen LogP contribution in [-0.2, 0) is 26.5 Å². The molecule has 3 aliphatic rings. The molecule has 2 amide bonds. The third kappa shape index (κ3) is 6.35. The molecule has 3 aliphatic heterocycles. The van der Waals surface area contributed by atoms with Gasteiger partial charge >= 0.3 is 0 Å². The van der Waals surface area contributed by atoms with E-state index in [1.807, 2.05) is 102 Å². The van der Waals surface area contributed by atoms with Crippen LogP contribution < -0.4 is 19.8 Å². The molecule has 288 valence electrons. The van der Waals surface area contributed by atoms with Gasteiger partial charge in [0.2, 0.25) is 5.91 Å². The molecular formula is C44H48N6O5Si. The Hall–Kier alpha value is -5.43. The molecule has 0 radical (unpaired) electrons. The van der Waals surface area contributed by atoms with E-state index in [1.54, 1.807) is 19.1 Å². The highest BCUT2D eigenvalue weighted by molar-refractivity contribution is 6.91. The van der Waals surface area contributed by atoms with E-state index >= 15 is 0 Å². The van der Waals surface area contributed by atoms with Crippen molar-refractivity contribution in [3.63, 3.8) is 0 Å². The number of likely N-dealkylation sites (N-methyl/N-ethyl adjacent to an activating group) is 1. The summed E-state index contributed by atoms with van der Waals surface area (Å²) in [5.41, 5.74) is 4.36. The summed E-state index contributed by atoms with van der Waals surface area (Å²) in [6.07, 6.45) is 3.07. The van der Waals surface area contributed by atoms with Gasteiger partial charge in [-0.2, -0.15) is 5.10 Å². The molecule has 1 N–H and O–H groups in total. The number of benzene rings is 4. The predicted octanol–water partition coefficient (Wildman–Crippen LogP) is 6.22. The highest BCUT2D eigenvalue weighted by Gasteiger charge is 2.65. The first kappa shape index (κ1) is 37.5. The Morgan fingerprint density at radius 2 is 1.68 bits per heavy atom. The van der Waals surface area contributed by atoms with Crippen molar-refractivity contribution in [2.75, 3.05) is 30.7 Å². The van der Waals surface area contributed by atoms with Crippen molar-refractivity contribution in [3.8, 4) is 5.75 Å². The molecule has 1 spiro atoms. The summed E-state index contributed by atoms with van der Waals surface area (Å²) in [7, 11) is 1.08. The molecule has 1 saturated heterocycles. The first-order valence-electron chi connectivity index (χ1n) is 19.3. The van der Waals surface area contributed by atoms with Crippen LogP contribution in [-0.4, -0.2) is 72.6 Å². The number of hydrazone groups is 1. The van der Waals surface area contributed by atoms with Gasteiger partial charge < -0.3 is 19.5 Å². The molecule has 4 heterocycles. The number of ether oxygens (including phenoxy) is 2. The minimum atomic E-state index is -2.39. The summed E-state index contributed by atoms with van der Waals surface area (Å²) in [4.78, 5) is 29.9. The Balaban J connectivity index is 1.17. The number of aliphatic hydroxyl groups excluding tert-OH is 1. The summed E-state index contributed by atoms with van der Waals surface area (Å²) < 4.78 is 14.6. The lowest BCUT2D eigenvalue weighted by Crippen LogP contribution is -2.51. The van der Waals surface area contributed by atoms with Gasteiger partial charge in [0.1, 0.15) is 5.75 Å². The standard InChI is InChI=1S/C44H48N6O5Si/c1-29-42(56(4,5)34-19-17-33(54-3)18-20-34)40(24-25-49-27-38(45-47-49)35(28-51)30-12-8-6-9-13-30)55-44(29)36-26-32(16-22-39(36)48(2)43(44)53)50-41(52)23-21-37(46-50)31-14-10-7-11-15-31/h6-20,22,26-27,29,35,40,42,51H,21,23-25,28H2,1-5H3/t29-,35?,40+,42-,44+/m0/s1. The van der Waals surface area contributed by atoms with Crippen molar-refractivity contribution >= 4 is 42.2 Å². The topological polar surface area (TPSA) is 122 Å². The largest absolute Gasteiger partial charge is 0.497 e. The molecule has 8 rings (SSSR count). The maximum atomic E-state index is 14.8. The molecule has 0 bridgehead atoms. The zero-order valence-corrected chi connectivity index (χ0v) is 33.5. The second-order valence-electron chi connectivity index (χ2n) is 15.7. The van der Waals surface area contributed by atoms with Crippen molar-refractivity contribution < 1.29 is 24.2 Å². The number of carbonyl (C=O) groups excluding carboxylic acids is 2. The van der Waals surface area contributed by atoms with E-state index in [0.717, 1.165) is 33.8 Å². The Morgan fingerprint density at radius 3 is 2.38 bits per heavy atom. The fraction of sp³-hybridized carbons (Fsp3) is 0.341. The van der Waals surface area contributed by atoms with Gasteiger partial charge in [-0.05, 0) is 53.4 Å². The number of hydrogen-bond acceptors (Lipinski definition) is 8. The molecule has 1 unspecified atom stereocenters. The van der Waals surface area contributed by atoms with Gasteiger partial charge in [0, 0.05) is 44.1 Å². The molecule has 12 heteroatoms. The van der Waals surface area contributed by atoms with Crippen LogP contribution in [0.4, 0.5) is 11.4 Å². The second kappa shape index (κ2) is 14.9. The molecule has 0 saturated carbocycles.